The highest BCUT2D eigenvalue weighted by Crippen LogP contribution is 2.26. The molecule has 0 heterocycles. The zero-order valence-corrected chi connectivity index (χ0v) is 8.03. The first-order valence-corrected chi connectivity index (χ1v) is 4.39. The summed E-state index contributed by atoms with van der Waals surface area (Å²) in [7, 11) is 0. The van der Waals surface area contributed by atoms with E-state index in [2.05, 4.69) is 27.8 Å². The van der Waals surface area contributed by atoms with Gasteiger partial charge in [-0.25, -0.2) is 0 Å². The van der Waals surface area contributed by atoms with Crippen molar-refractivity contribution < 1.29 is 0 Å². The molecule has 0 unspecified atom stereocenters. The highest BCUT2D eigenvalue weighted by molar-refractivity contribution is 9.18. The Bertz CT molecular complexity index is 187. The Morgan fingerprint density at radius 2 is 2.20 bits per heavy atom. The number of allylic oxidation sites excluding steroid dienone is 2. The lowest BCUT2D eigenvalue weighted by molar-refractivity contribution is 0.889. The van der Waals surface area contributed by atoms with E-state index in [1.165, 1.54) is 24.1 Å². The number of hydrogen-bond acceptors (Lipinski definition) is 1. The third kappa shape index (κ3) is 1.94. The van der Waals surface area contributed by atoms with E-state index in [0.717, 1.165) is 11.0 Å². The summed E-state index contributed by atoms with van der Waals surface area (Å²) in [6.45, 7) is 4.14. The van der Waals surface area contributed by atoms with Crippen molar-refractivity contribution in [3.05, 3.63) is 11.3 Å². The van der Waals surface area contributed by atoms with Gasteiger partial charge in [0.15, 0.2) is 0 Å². The van der Waals surface area contributed by atoms with Gasteiger partial charge >= 0.3 is 0 Å². The molecule has 0 aromatic heterocycles. The quantitative estimate of drug-likeness (QED) is 0.578. The fourth-order valence-electron chi connectivity index (χ4n) is 1.22. The highest BCUT2D eigenvalue weighted by Gasteiger charge is 2.08. The van der Waals surface area contributed by atoms with Crippen molar-refractivity contribution in [2.45, 2.75) is 33.1 Å². The minimum atomic E-state index is 0.990. The topological polar surface area (TPSA) is 12.4 Å². The van der Waals surface area contributed by atoms with Crippen LogP contribution in [0.15, 0.2) is 16.3 Å². The van der Waals surface area contributed by atoms with Crippen LogP contribution in [0.2, 0.25) is 0 Å². The van der Waals surface area contributed by atoms with E-state index in [4.69, 9.17) is 0 Å². The molecule has 0 aromatic carbocycles. The van der Waals surface area contributed by atoms with Crippen molar-refractivity contribution in [3.63, 3.8) is 0 Å². The second-order valence-corrected chi connectivity index (χ2v) is 3.84. The van der Waals surface area contributed by atoms with Gasteiger partial charge in [-0.2, -0.15) is 0 Å². The first-order valence-electron chi connectivity index (χ1n) is 3.59. The molecule has 0 aliphatic heterocycles. The van der Waals surface area contributed by atoms with Gasteiger partial charge in [0.25, 0.3) is 0 Å². The molecule has 0 N–H and O–H groups in total. The van der Waals surface area contributed by atoms with E-state index in [1.807, 2.05) is 6.92 Å². The third-order valence-corrected chi connectivity index (χ3v) is 1.92. The van der Waals surface area contributed by atoms with Gasteiger partial charge in [0.1, 0.15) is 0 Å². The molecule has 1 aliphatic rings. The molecule has 0 bridgehead atoms. The summed E-state index contributed by atoms with van der Waals surface area (Å²) in [6, 6.07) is 0. The molecular formula is C8H12BrN. The van der Waals surface area contributed by atoms with Crippen molar-refractivity contribution in [3.8, 4) is 0 Å². The van der Waals surface area contributed by atoms with E-state index in [0.29, 0.717) is 0 Å². The van der Waals surface area contributed by atoms with Crippen LogP contribution in [0.4, 0.5) is 0 Å². The highest BCUT2D eigenvalue weighted by atomic mass is 79.9. The second-order valence-electron chi connectivity index (χ2n) is 2.69. The molecule has 0 saturated carbocycles. The zero-order valence-electron chi connectivity index (χ0n) is 6.45. The van der Waals surface area contributed by atoms with Crippen LogP contribution >= 0.6 is 15.9 Å². The summed E-state index contributed by atoms with van der Waals surface area (Å²) >= 11 is 3.33. The van der Waals surface area contributed by atoms with E-state index < -0.39 is 0 Å². The van der Waals surface area contributed by atoms with Gasteiger partial charge in [0, 0.05) is 5.70 Å². The summed E-state index contributed by atoms with van der Waals surface area (Å²) < 4.78 is 0.990. The molecule has 1 aliphatic carbocycles. The van der Waals surface area contributed by atoms with Gasteiger partial charge in [-0.15, -0.1) is 0 Å². The predicted octanol–water partition coefficient (Wildman–Crippen LogP) is 3.26. The van der Waals surface area contributed by atoms with Gasteiger partial charge in [-0.1, -0.05) is 5.57 Å². The van der Waals surface area contributed by atoms with Crippen LogP contribution in [0.5, 0.6) is 0 Å². The molecule has 1 rings (SSSR count). The van der Waals surface area contributed by atoms with Gasteiger partial charge in [-0.3, -0.25) is 4.99 Å². The lowest BCUT2D eigenvalue weighted by Gasteiger charge is -1.94. The molecule has 0 fully saturated rings. The van der Waals surface area contributed by atoms with Gasteiger partial charge in [0.2, 0.25) is 0 Å². The number of nitrogens with zero attached hydrogens (tertiary/aromatic N) is 1. The van der Waals surface area contributed by atoms with Crippen LogP contribution in [-0.2, 0) is 0 Å². The number of hydrogen-bond donors (Lipinski definition) is 0. The van der Waals surface area contributed by atoms with E-state index in [1.54, 1.807) is 0 Å². The van der Waals surface area contributed by atoms with Crippen molar-refractivity contribution in [2.24, 2.45) is 4.99 Å². The van der Waals surface area contributed by atoms with Crippen molar-refractivity contribution in [1.29, 1.82) is 0 Å². The molecule has 0 atom stereocenters. The van der Waals surface area contributed by atoms with Gasteiger partial charge in [0.05, 0.1) is 4.62 Å². The smallest absolute Gasteiger partial charge is 0.0801 e. The Hall–Kier alpha value is -0.110. The Labute approximate surface area is 70.4 Å². The molecular weight excluding hydrogens is 190 g/mol. The first-order chi connectivity index (χ1) is 4.70. The van der Waals surface area contributed by atoms with Gasteiger partial charge in [-0.05, 0) is 49.0 Å². The molecule has 10 heavy (non-hydrogen) atoms. The largest absolute Gasteiger partial charge is 0.251 e. The van der Waals surface area contributed by atoms with Crippen molar-refractivity contribution >= 4 is 20.6 Å². The molecule has 0 radical (unpaired) electrons. The average molecular weight is 202 g/mol. The summed E-state index contributed by atoms with van der Waals surface area (Å²) in [6.07, 6.45) is 3.68. The average Bonchev–Trinajstić information content (AvgIpc) is 2.15. The van der Waals surface area contributed by atoms with Crippen LogP contribution < -0.4 is 0 Å². The summed E-state index contributed by atoms with van der Waals surface area (Å²) in [4.78, 5) is 4.37. The Kier molecular flexibility index (Phi) is 2.66. The van der Waals surface area contributed by atoms with Crippen LogP contribution in [-0.4, -0.2) is 4.62 Å². The molecule has 0 saturated heterocycles. The third-order valence-electron chi connectivity index (χ3n) is 1.75. The summed E-state index contributed by atoms with van der Waals surface area (Å²) in [5, 5.41) is 0. The van der Waals surface area contributed by atoms with Crippen molar-refractivity contribution in [1.82, 2.24) is 0 Å². The second kappa shape index (κ2) is 3.33. The number of rotatable bonds is 1. The maximum absolute atomic E-state index is 4.37. The monoisotopic (exact) mass is 201 g/mol. The van der Waals surface area contributed by atoms with Crippen molar-refractivity contribution in [2.75, 3.05) is 0 Å². The van der Waals surface area contributed by atoms with Crippen LogP contribution in [0.25, 0.3) is 0 Å². The molecule has 0 spiro atoms. The Morgan fingerprint density at radius 3 is 2.60 bits per heavy atom. The Balaban J connectivity index is 2.72. The number of halogens is 1. The van der Waals surface area contributed by atoms with E-state index in [-0.39, 0.29) is 0 Å². The molecule has 2 heteroatoms. The van der Waals surface area contributed by atoms with Crippen LogP contribution in [0, 0.1) is 0 Å². The maximum Gasteiger partial charge on any atom is 0.0801 e. The fraction of sp³-hybridized carbons (Fsp3) is 0.625. The first kappa shape index (κ1) is 7.99. The SMILES string of the molecule is CC1=C(/N=C(\C)Br)CCC1. The fourth-order valence-corrected chi connectivity index (χ4v) is 1.43. The minimum absolute atomic E-state index is 0.990. The van der Waals surface area contributed by atoms with E-state index >= 15 is 0 Å². The van der Waals surface area contributed by atoms with E-state index in [9.17, 15) is 0 Å². The zero-order chi connectivity index (χ0) is 7.56. The summed E-state index contributed by atoms with van der Waals surface area (Å²) in [5.41, 5.74) is 2.74. The maximum atomic E-state index is 4.37. The van der Waals surface area contributed by atoms with Crippen LogP contribution in [0.1, 0.15) is 33.1 Å². The number of aliphatic imine (C=N–C) groups is 1. The summed E-state index contributed by atoms with van der Waals surface area (Å²) in [5.74, 6) is 0. The lowest BCUT2D eigenvalue weighted by Crippen LogP contribution is -1.79. The normalized spacial score (nSPS) is 20.5. The molecule has 0 aromatic rings. The standard InChI is InChI=1S/C8H12BrN/c1-6-4-3-5-8(6)10-7(2)9/h3-5H2,1-2H3/b10-7+. The lowest BCUT2D eigenvalue weighted by atomic mass is 10.3. The molecule has 56 valence electrons. The molecule has 0 amide bonds. The minimum Gasteiger partial charge on any atom is -0.251 e. The predicted molar refractivity (Wildman–Crippen MR) is 48.6 cm³/mol. The Morgan fingerprint density at radius 1 is 1.50 bits per heavy atom. The van der Waals surface area contributed by atoms with Crippen LogP contribution in [0.3, 0.4) is 0 Å². The van der Waals surface area contributed by atoms with Gasteiger partial charge < -0.3 is 0 Å². The molecule has 1 nitrogen and oxygen atoms in total.